The van der Waals surface area contributed by atoms with Crippen molar-refractivity contribution in [3.05, 3.63) is 0 Å². The van der Waals surface area contributed by atoms with Gasteiger partial charge in [0, 0.05) is 32.0 Å². The fraction of sp³-hybridized carbons (Fsp3) is 0.889. The van der Waals surface area contributed by atoms with Crippen molar-refractivity contribution in [2.45, 2.75) is 70.3 Å². The van der Waals surface area contributed by atoms with Crippen molar-refractivity contribution < 1.29 is 14.3 Å². The van der Waals surface area contributed by atoms with E-state index in [4.69, 9.17) is 0 Å². The monoisotopic (exact) mass is 324 g/mol. The number of methoxy groups -OCH3 is 1. The van der Waals surface area contributed by atoms with Crippen LogP contribution >= 0.6 is 0 Å². The maximum atomic E-state index is 12.2. The zero-order chi connectivity index (χ0) is 16.5. The highest BCUT2D eigenvalue weighted by atomic mass is 16.5. The highest BCUT2D eigenvalue weighted by molar-refractivity contribution is 5.76. The first kappa shape index (κ1) is 18.2. The van der Waals surface area contributed by atoms with Crippen LogP contribution in [0.2, 0.25) is 0 Å². The van der Waals surface area contributed by atoms with Crippen molar-refractivity contribution in [3.63, 3.8) is 0 Å². The van der Waals surface area contributed by atoms with Crippen LogP contribution in [0.5, 0.6) is 0 Å². The van der Waals surface area contributed by atoms with Gasteiger partial charge in [0.1, 0.15) is 0 Å². The first-order valence-corrected chi connectivity index (χ1v) is 9.26. The Kier molecular flexibility index (Phi) is 7.86. The molecule has 132 valence electrons. The molecule has 5 heteroatoms. The molecule has 23 heavy (non-hydrogen) atoms. The zero-order valence-corrected chi connectivity index (χ0v) is 14.5. The van der Waals surface area contributed by atoms with Crippen LogP contribution in [0.3, 0.4) is 0 Å². The Bertz CT molecular complexity index is 372. The largest absolute Gasteiger partial charge is 0.469 e. The van der Waals surface area contributed by atoms with Crippen molar-refractivity contribution in [3.8, 4) is 0 Å². The van der Waals surface area contributed by atoms with E-state index in [9.17, 15) is 9.59 Å². The number of likely N-dealkylation sites (tertiary alicyclic amines) is 1. The van der Waals surface area contributed by atoms with Crippen LogP contribution in [0.4, 0.5) is 0 Å². The van der Waals surface area contributed by atoms with Gasteiger partial charge in [0.2, 0.25) is 5.91 Å². The maximum Gasteiger partial charge on any atom is 0.305 e. The van der Waals surface area contributed by atoms with Gasteiger partial charge in [0.25, 0.3) is 0 Å². The Morgan fingerprint density at radius 1 is 1.09 bits per heavy atom. The number of esters is 1. The molecule has 1 heterocycles. The van der Waals surface area contributed by atoms with Crippen molar-refractivity contribution in [2.24, 2.45) is 5.92 Å². The summed E-state index contributed by atoms with van der Waals surface area (Å²) in [5.41, 5.74) is 0. The number of hydrogen-bond donors (Lipinski definition) is 1. The molecule has 0 aromatic rings. The maximum absolute atomic E-state index is 12.2. The summed E-state index contributed by atoms with van der Waals surface area (Å²) in [6, 6.07) is 0.336. The lowest BCUT2D eigenvalue weighted by atomic mass is 9.86. The molecule has 2 fully saturated rings. The number of rotatable bonds is 7. The smallest absolute Gasteiger partial charge is 0.305 e. The number of nitrogens with one attached hydrogen (secondary N) is 1. The minimum Gasteiger partial charge on any atom is -0.469 e. The lowest BCUT2D eigenvalue weighted by Crippen LogP contribution is -2.45. The summed E-state index contributed by atoms with van der Waals surface area (Å²) < 4.78 is 4.66. The number of amides is 1. The fourth-order valence-corrected chi connectivity index (χ4v) is 3.79. The quantitative estimate of drug-likeness (QED) is 0.731. The number of ether oxygens (including phenoxy) is 1. The molecule has 0 unspecified atom stereocenters. The Labute approximate surface area is 140 Å². The Morgan fingerprint density at radius 3 is 2.43 bits per heavy atom. The summed E-state index contributed by atoms with van der Waals surface area (Å²) in [7, 11) is 1.43. The molecule has 1 saturated carbocycles. The van der Waals surface area contributed by atoms with Crippen LogP contribution in [0.15, 0.2) is 0 Å². The normalized spacial score (nSPS) is 21.1. The van der Waals surface area contributed by atoms with E-state index in [1.54, 1.807) is 0 Å². The van der Waals surface area contributed by atoms with Gasteiger partial charge in [0.05, 0.1) is 7.11 Å². The van der Waals surface area contributed by atoms with Crippen LogP contribution in [0.25, 0.3) is 0 Å². The molecule has 0 atom stereocenters. The molecule has 0 aromatic carbocycles. The van der Waals surface area contributed by atoms with Crippen LogP contribution in [-0.2, 0) is 14.3 Å². The molecular weight excluding hydrogens is 292 g/mol. The third-order valence-corrected chi connectivity index (χ3v) is 5.23. The third-order valence-electron chi connectivity index (χ3n) is 5.23. The van der Waals surface area contributed by atoms with E-state index in [-0.39, 0.29) is 11.9 Å². The highest BCUT2D eigenvalue weighted by Crippen LogP contribution is 2.26. The summed E-state index contributed by atoms with van der Waals surface area (Å²) >= 11 is 0. The van der Waals surface area contributed by atoms with Crippen LogP contribution in [-0.4, -0.2) is 49.6 Å². The number of carbonyl (C=O) groups is 2. The van der Waals surface area contributed by atoms with Crippen LogP contribution < -0.4 is 5.32 Å². The van der Waals surface area contributed by atoms with Gasteiger partial charge < -0.3 is 15.0 Å². The number of piperidine rings is 1. The van der Waals surface area contributed by atoms with Crippen molar-refractivity contribution >= 4 is 11.9 Å². The van der Waals surface area contributed by atoms with Gasteiger partial charge in [-0.1, -0.05) is 19.3 Å². The summed E-state index contributed by atoms with van der Waals surface area (Å²) in [5.74, 6) is 0.734. The summed E-state index contributed by atoms with van der Waals surface area (Å²) in [4.78, 5) is 25.6. The molecule has 1 N–H and O–H groups in total. The van der Waals surface area contributed by atoms with E-state index in [0.717, 1.165) is 45.3 Å². The van der Waals surface area contributed by atoms with Crippen LogP contribution in [0, 0.1) is 5.92 Å². The van der Waals surface area contributed by atoms with Gasteiger partial charge in [-0.2, -0.15) is 0 Å². The molecule has 2 rings (SSSR count). The van der Waals surface area contributed by atoms with Crippen LogP contribution in [0.1, 0.15) is 64.2 Å². The van der Waals surface area contributed by atoms with Gasteiger partial charge in [-0.05, 0) is 44.6 Å². The molecule has 1 saturated heterocycles. The lowest BCUT2D eigenvalue weighted by Gasteiger charge is -2.32. The molecule has 1 aliphatic carbocycles. The molecule has 1 amide bonds. The molecule has 0 aromatic heterocycles. The first-order chi connectivity index (χ1) is 11.2. The molecule has 0 spiro atoms. The topological polar surface area (TPSA) is 58.6 Å². The molecule has 1 aliphatic heterocycles. The second-order valence-electron chi connectivity index (χ2n) is 7.07. The lowest BCUT2D eigenvalue weighted by molar-refractivity contribution is -0.140. The standard InChI is InChI=1S/C18H32N2O3/c1-23-18(22)8-5-11-20-12-9-16(10-13-20)19-17(21)14-15-6-3-2-4-7-15/h15-16H,2-14H2,1H3,(H,19,21). The predicted molar refractivity (Wildman–Crippen MR) is 90.0 cm³/mol. The van der Waals surface area contributed by atoms with E-state index >= 15 is 0 Å². The average molecular weight is 324 g/mol. The first-order valence-electron chi connectivity index (χ1n) is 9.26. The number of nitrogens with zero attached hydrogens (tertiary/aromatic N) is 1. The SMILES string of the molecule is COC(=O)CCCN1CCC(NC(=O)CC2CCCCC2)CC1. The van der Waals surface area contributed by atoms with Gasteiger partial charge in [-0.3, -0.25) is 9.59 Å². The number of hydrogen-bond acceptors (Lipinski definition) is 4. The highest BCUT2D eigenvalue weighted by Gasteiger charge is 2.22. The third kappa shape index (κ3) is 6.90. The Morgan fingerprint density at radius 2 is 1.78 bits per heavy atom. The Hall–Kier alpha value is -1.10. The minimum absolute atomic E-state index is 0.130. The van der Waals surface area contributed by atoms with Gasteiger partial charge in [-0.15, -0.1) is 0 Å². The van der Waals surface area contributed by atoms with E-state index in [1.165, 1.54) is 39.2 Å². The van der Waals surface area contributed by atoms with E-state index < -0.39 is 0 Å². The molecule has 0 radical (unpaired) electrons. The van der Waals surface area contributed by atoms with Crippen molar-refractivity contribution in [2.75, 3.05) is 26.7 Å². The second-order valence-corrected chi connectivity index (χ2v) is 7.07. The second kappa shape index (κ2) is 9.91. The van der Waals surface area contributed by atoms with E-state index in [0.29, 0.717) is 18.4 Å². The summed E-state index contributed by atoms with van der Waals surface area (Å²) in [6.45, 7) is 2.96. The van der Waals surface area contributed by atoms with Gasteiger partial charge >= 0.3 is 5.97 Å². The molecular formula is C18H32N2O3. The van der Waals surface area contributed by atoms with E-state index in [1.807, 2.05) is 0 Å². The fourth-order valence-electron chi connectivity index (χ4n) is 3.79. The van der Waals surface area contributed by atoms with Gasteiger partial charge in [-0.25, -0.2) is 0 Å². The van der Waals surface area contributed by atoms with E-state index in [2.05, 4.69) is 15.0 Å². The summed E-state index contributed by atoms with van der Waals surface area (Å²) in [5, 5.41) is 3.23. The zero-order valence-electron chi connectivity index (χ0n) is 14.5. The van der Waals surface area contributed by atoms with Crippen molar-refractivity contribution in [1.29, 1.82) is 0 Å². The molecule has 5 nitrogen and oxygen atoms in total. The Balaban J connectivity index is 1.56. The average Bonchev–Trinajstić information content (AvgIpc) is 2.57. The van der Waals surface area contributed by atoms with Crippen molar-refractivity contribution in [1.82, 2.24) is 10.2 Å². The predicted octanol–water partition coefficient (Wildman–Crippen LogP) is 2.49. The minimum atomic E-state index is -0.130. The summed E-state index contributed by atoms with van der Waals surface area (Å²) in [6.07, 6.45) is 10.5. The number of carbonyl (C=O) groups excluding carboxylic acids is 2. The molecule has 0 bridgehead atoms. The molecule has 2 aliphatic rings. The van der Waals surface area contributed by atoms with Gasteiger partial charge in [0.15, 0.2) is 0 Å².